The molecule has 6 nitrogen and oxygen atoms in total. The summed E-state index contributed by atoms with van der Waals surface area (Å²) >= 11 is 0. The average Bonchev–Trinajstić information content (AvgIpc) is 2.80. The molecule has 2 atom stereocenters. The van der Waals surface area contributed by atoms with Crippen LogP contribution in [0.15, 0.2) is 41.7 Å². The van der Waals surface area contributed by atoms with Crippen LogP contribution in [0.5, 0.6) is 0 Å². The first kappa shape index (κ1) is 27.1. The summed E-state index contributed by atoms with van der Waals surface area (Å²) in [5.41, 5.74) is 0.264. The molecule has 2 aromatic rings. The number of fused-ring (bicyclic) bond motifs is 1. The highest BCUT2D eigenvalue weighted by atomic mass is 16.4. The molecule has 3 rings (SSSR count). The van der Waals surface area contributed by atoms with E-state index >= 15 is 0 Å². The molecule has 1 aliphatic rings. The van der Waals surface area contributed by atoms with Crippen molar-refractivity contribution in [2.75, 3.05) is 6.54 Å². The normalized spacial score (nSPS) is 17.6. The van der Waals surface area contributed by atoms with Crippen LogP contribution in [0.1, 0.15) is 102 Å². The number of hydrogen-bond acceptors (Lipinski definition) is 4. The van der Waals surface area contributed by atoms with Crippen molar-refractivity contribution in [3.8, 4) is 0 Å². The number of hydrogen-bond donors (Lipinski definition) is 1. The molecule has 0 bridgehead atoms. The highest BCUT2D eigenvalue weighted by molar-refractivity contribution is 5.88. The van der Waals surface area contributed by atoms with Gasteiger partial charge < -0.3 is 9.67 Å². The number of aromatic carboxylic acids is 1. The van der Waals surface area contributed by atoms with Crippen molar-refractivity contribution in [2.24, 2.45) is 5.92 Å². The van der Waals surface area contributed by atoms with Gasteiger partial charge >= 0.3 is 5.97 Å². The number of nitrogens with zero attached hydrogens (tertiary/aromatic N) is 3. The Kier molecular flexibility index (Phi) is 9.28. The molecule has 1 heterocycles. The van der Waals surface area contributed by atoms with E-state index < -0.39 is 17.2 Å². The van der Waals surface area contributed by atoms with E-state index in [9.17, 15) is 14.7 Å². The molecule has 1 saturated carbocycles. The minimum Gasteiger partial charge on any atom is -0.476 e. The number of carboxylic acid groups (broad SMARTS) is 1. The van der Waals surface area contributed by atoms with Crippen molar-refractivity contribution < 1.29 is 9.90 Å². The summed E-state index contributed by atoms with van der Waals surface area (Å²) in [4.78, 5) is 31.7. The van der Waals surface area contributed by atoms with Crippen molar-refractivity contribution in [1.82, 2.24) is 14.5 Å². The van der Waals surface area contributed by atoms with E-state index in [0.29, 0.717) is 17.0 Å². The third kappa shape index (κ3) is 6.03. The van der Waals surface area contributed by atoms with Crippen LogP contribution in [0.25, 0.3) is 11.0 Å². The monoisotopic (exact) mass is 481 g/mol. The molecule has 192 valence electrons. The zero-order valence-corrected chi connectivity index (χ0v) is 22.0. The second-order valence-electron chi connectivity index (χ2n) is 10.7. The molecule has 0 aliphatic heterocycles. The Morgan fingerprint density at radius 1 is 1.23 bits per heavy atom. The third-order valence-electron chi connectivity index (χ3n) is 8.13. The van der Waals surface area contributed by atoms with Gasteiger partial charge in [-0.25, -0.2) is 9.78 Å². The maximum atomic E-state index is 13.2. The molecule has 0 amide bonds. The SMILES string of the molecule is C=CCN(C(CC)CC(C)n1c(=O)c(C(=O)O)nc2ccccc21)C(C)(C)C1CCCCCCC1. The number of benzene rings is 1. The molecule has 6 heteroatoms. The van der Waals surface area contributed by atoms with Gasteiger partial charge in [0.25, 0.3) is 5.56 Å². The van der Waals surface area contributed by atoms with E-state index in [2.05, 4.69) is 37.2 Å². The Labute approximate surface area is 210 Å². The topological polar surface area (TPSA) is 75.4 Å². The molecule has 1 aromatic heterocycles. The molecule has 1 fully saturated rings. The largest absolute Gasteiger partial charge is 0.476 e. The molecule has 0 radical (unpaired) electrons. The lowest BCUT2D eigenvalue weighted by molar-refractivity contribution is 0.0135. The van der Waals surface area contributed by atoms with Gasteiger partial charge in [-0.2, -0.15) is 0 Å². The van der Waals surface area contributed by atoms with Gasteiger partial charge in [0.2, 0.25) is 5.69 Å². The van der Waals surface area contributed by atoms with E-state index in [-0.39, 0.29) is 17.6 Å². The molecule has 2 unspecified atom stereocenters. The molecule has 1 N–H and O–H groups in total. The summed E-state index contributed by atoms with van der Waals surface area (Å²) in [5.74, 6) is -0.664. The second-order valence-corrected chi connectivity index (χ2v) is 10.7. The first-order valence-electron chi connectivity index (χ1n) is 13.3. The van der Waals surface area contributed by atoms with Gasteiger partial charge in [0.1, 0.15) is 0 Å². The Hall–Kier alpha value is -2.47. The average molecular weight is 482 g/mol. The zero-order chi connectivity index (χ0) is 25.6. The highest BCUT2D eigenvalue weighted by Crippen LogP contribution is 2.37. The predicted molar refractivity (Wildman–Crippen MR) is 143 cm³/mol. The Balaban J connectivity index is 1.96. The van der Waals surface area contributed by atoms with Crippen LogP contribution in [0.3, 0.4) is 0 Å². The number of carboxylic acids is 1. The summed E-state index contributed by atoms with van der Waals surface area (Å²) in [6, 6.07) is 7.36. The fraction of sp³-hybridized carbons (Fsp3) is 0.621. The van der Waals surface area contributed by atoms with Crippen LogP contribution in [0.2, 0.25) is 0 Å². The first-order valence-corrected chi connectivity index (χ1v) is 13.3. The van der Waals surface area contributed by atoms with Crippen molar-refractivity contribution in [1.29, 1.82) is 0 Å². The fourth-order valence-corrected chi connectivity index (χ4v) is 6.14. The lowest BCUT2D eigenvalue weighted by atomic mass is 9.76. The highest BCUT2D eigenvalue weighted by Gasteiger charge is 2.38. The number of carbonyl (C=O) groups is 1. The molecular formula is C29H43N3O3. The number of para-hydroxylation sites is 2. The van der Waals surface area contributed by atoms with Crippen molar-refractivity contribution in [2.45, 2.75) is 103 Å². The molecule has 35 heavy (non-hydrogen) atoms. The van der Waals surface area contributed by atoms with E-state index in [1.807, 2.05) is 31.2 Å². The van der Waals surface area contributed by atoms with E-state index in [4.69, 9.17) is 0 Å². The van der Waals surface area contributed by atoms with Crippen LogP contribution in [0, 0.1) is 5.92 Å². The van der Waals surface area contributed by atoms with Crippen molar-refractivity contribution in [3.63, 3.8) is 0 Å². The second kappa shape index (κ2) is 12.0. The van der Waals surface area contributed by atoms with Gasteiger partial charge in [-0.3, -0.25) is 9.69 Å². The lowest BCUT2D eigenvalue weighted by Crippen LogP contribution is -2.54. The third-order valence-corrected chi connectivity index (χ3v) is 8.13. The minimum atomic E-state index is -1.28. The van der Waals surface area contributed by atoms with Crippen LogP contribution in [0.4, 0.5) is 0 Å². The van der Waals surface area contributed by atoms with Gasteiger partial charge in [0, 0.05) is 24.2 Å². The van der Waals surface area contributed by atoms with Gasteiger partial charge in [-0.05, 0) is 64.5 Å². The summed E-state index contributed by atoms with van der Waals surface area (Å²) < 4.78 is 1.64. The maximum Gasteiger partial charge on any atom is 0.360 e. The summed E-state index contributed by atoms with van der Waals surface area (Å²) in [6.07, 6.45) is 12.8. The van der Waals surface area contributed by atoms with Crippen LogP contribution < -0.4 is 5.56 Å². The Morgan fingerprint density at radius 2 is 1.86 bits per heavy atom. The van der Waals surface area contributed by atoms with Crippen LogP contribution in [-0.4, -0.2) is 43.7 Å². The van der Waals surface area contributed by atoms with Crippen LogP contribution >= 0.6 is 0 Å². The smallest absolute Gasteiger partial charge is 0.360 e. The summed E-state index contributed by atoms with van der Waals surface area (Å²) in [5, 5.41) is 9.62. The lowest BCUT2D eigenvalue weighted by Gasteiger charge is -2.49. The van der Waals surface area contributed by atoms with E-state index in [1.54, 1.807) is 10.6 Å². The molecular weight excluding hydrogens is 438 g/mol. The van der Waals surface area contributed by atoms with Gasteiger partial charge in [0.15, 0.2) is 0 Å². The van der Waals surface area contributed by atoms with Crippen LogP contribution in [-0.2, 0) is 0 Å². The van der Waals surface area contributed by atoms with Crippen molar-refractivity contribution >= 4 is 17.0 Å². The summed E-state index contributed by atoms with van der Waals surface area (Å²) in [7, 11) is 0. The van der Waals surface area contributed by atoms with E-state index in [0.717, 1.165) is 19.4 Å². The number of aromatic nitrogens is 2. The van der Waals surface area contributed by atoms with Gasteiger partial charge in [0.05, 0.1) is 11.0 Å². The quantitative estimate of drug-likeness (QED) is 0.395. The Bertz CT molecular complexity index is 1070. The zero-order valence-electron chi connectivity index (χ0n) is 22.0. The van der Waals surface area contributed by atoms with Crippen molar-refractivity contribution in [3.05, 3.63) is 53.0 Å². The first-order chi connectivity index (χ1) is 16.7. The number of rotatable bonds is 10. The molecule has 1 aromatic carbocycles. The van der Waals surface area contributed by atoms with Gasteiger partial charge in [-0.1, -0.05) is 57.2 Å². The molecule has 0 spiro atoms. The molecule has 0 saturated heterocycles. The van der Waals surface area contributed by atoms with Gasteiger partial charge in [-0.15, -0.1) is 6.58 Å². The minimum absolute atomic E-state index is 0.00340. The standard InChI is InChI=1S/C29H43N3O3/c1-6-19-31(29(4,5)22-15-11-9-8-10-12-16-22)23(7-2)20-21(3)32-25-18-14-13-17-24(25)30-26(27(32)33)28(34)35/h6,13-14,17-18,21-23H,1,7-12,15-16,19-20H2,2-5H3,(H,34,35). The molecule has 1 aliphatic carbocycles. The fourth-order valence-electron chi connectivity index (χ4n) is 6.14. The predicted octanol–water partition coefficient (Wildman–Crippen LogP) is 6.45. The maximum absolute atomic E-state index is 13.2. The van der Waals surface area contributed by atoms with E-state index in [1.165, 1.54) is 44.9 Å². The Morgan fingerprint density at radius 3 is 2.46 bits per heavy atom. The summed E-state index contributed by atoms with van der Waals surface area (Å²) in [6.45, 7) is 13.8.